The molecule has 2 aliphatic heterocycles. The summed E-state index contributed by atoms with van der Waals surface area (Å²) in [4.78, 5) is 53.1. The number of fused-ring (bicyclic) bond motifs is 7. The maximum absolute atomic E-state index is 14.6. The summed E-state index contributed by atoms with van der Waals surface area (Å²) < 4.78 is 23.9. The molecule has 0 radical (unpaired) electrons. The van der Waals surface area contributed by atoms with E-state index in [1.807, 2.05) is 65.8 Å². The zero-order valence-corrected chi connectivity index (χ0v) is 29.9. The van der Waals surface area contributed by atoms with Crippen molar-refractivity contribution >= 4 is 35.1 Å². The van der Waals surface area contributed by atoms with Crippen molar-refractivity contribution in [2.45, 2.75) is 104 Å². The smallest absolute Gasteiger partial charge is 0.408 e. The van der Waals surface area contributed by atoms with E-state index in [1.54, 1.807) is 7.11 Å². The summed E-state index contributed by atoms with van der Waals surface area (Å²) in [6, 6.07) is 3.65. The number of nitrogens with one attached hydrogen (secondary N) is 1. The first-order valence-electron chi connectivity index (χ1n) is 18.0. The molecule has 1 aromatic heterocycles. The molecule has 2 bridgehead atoms. The van der Waals surface area contributed by atoms with Crippen LogP contribution in [-0.4, -0.2) is 77.4 Å². The van der Waals surface area contributed by atoms with E-state index < -0.39 is 41.6 Å². The number of carbonyl (C=O) groups is 3. The molecular formula is C38H52N4O7. The number of rotatable bonds is 4. The molecule has 4 aliphatic rings. The molecule has 0 unspecified atom stereocenters. The van der Waals surface area contributed by atoms with E-state index >= 15 is 0 Å². The number of hydrogen-bond acceptors (Lipinski definition) is 9. The van der Waals surface area contributed by atoms with Crippen LogP contribution in [0.5, 0.6) is 11.6 Å². The third-order valence-corrected chi connectivity index (χ3v) is 10.9. The van der Waals surface area contributed by atoms with Gasteiger partial charge < -0.3 is 29.2 Å². The highest BCUT2D eigenvalue weighted by Crippen LogP contribution is 2.53. The molecule has 49 heavy (non-hydrogen) atoms. The third kappa shape index (κ3) is 7.36. The van der Waals surface area contributed by atoms with Crippen LogP contribution in [0.15, 0.2) is 24.3 Å². The van der Waals surface area contributed by atoms with Crippen molar-refractivity contribution < 1.29 is 33.3 Å². The monoisotopic (exact) mass is 676 g/mol. The van der Waals surface area contributed by atoms with Gasteiger partial charge in [0.1, 0.15) is 35.7 Å². The number of nitrogens with zero attached hydrogens (tertiary/aromatic N) is 3. The van der Waals surface area contributed by atoms with Crippen molar-refractivity contribution in [1.29, 1.82) is 0 Å². The second-order valence-electron chi connectivity index (χ2n) is 15.9. The lowest BCUT2D eigenvalue weighted by Gasteiger charge is -2.36. The van der Waals surface area contributed by atoms with Gasteiger partial charge in [-0.15, -0.1) is 0 Å². The van der Waals surface area contributed by atoms with Crippen LogP contribution >= 0.6 is 0 Å². The Morgan fingerprint density at radius 2 is 1.86 bits per heavy atom. The van der Waals surface area contributed by atoms with Crippen molar-refractivity contribution in [3.8, 4) is 11.6 Å². The Morgan fingerprint density at radius 3 is 2.55 bits per heavy atom. The van der Waals surface area contributed by atoms with Gasteiger partial charge >= 0.3 is 12.1 Å². The normalized spacial score (nSPS) is 30.6. The van der Waals surface area contributed by atoms with Crippen molar-refractivity contribution in [3.63, 3.8) is 0 Å². The molecule has 2 aliphatic carbocycles. The first-order valence-corrected chi connectivity index (χ1v) is 18.0. The van der Waals surface area contributed by atoms with Gasteiger partial charge in [-0.25, -0.2) is 19.6 Å². The largest absolute Gasteiger partial charge is 0.497 e. The van der Waals surface area contributed by atoms with Crippen molar-refractivity contribution in [1.82, 2.24) is 20.2 Å². The lowest BCUT2D eigenvalue weighted by Crippen LogP contribution is -2.57. The minimum absolute atomic E-state index is 0.0970. The van der Waals surface area contributed by atoms with Gasteiger partial charge in [-0.2, -0.15) is 0 Å². The second kappa shape index (κ2) is 14.2. The summed E-state index contributed by atoms with van der Waals surface area (Å²) in [5, 5.41) is 2.94. The summed E-state index contributed by atoms with van der Waals surface area (Å²) in [5.74, 6) is 1.19. The Hall–Kier alpha value is -3.89. The zero-order chi connectivity index (χ0) is 35.0. The number of methoxy groups -OCH3 is 1. The van der Waals surface area contributed by atoms with Gasteiger partial charge in [-0.3, -0.25) is 4.79 Å². The molecule has 8 atom stereocenters. The van der Waals surface area contributed by atoms with Crippen molar-refractivity contribution in [2.24, 2.45) is 35.0 Å². The summed E-state index contributed by atoms with van der Waals surface area (Å²) >= 11 is 0. The molecule has 1 aromatic carbocycles. The van der Waals surface area contributed by atoms with Crippen LogP contribution in [0.2, 0.25) is 0 Å². The Bertz CT molecular complexity index is 1590. The number of alkyl carbamates (subject to hydrolysis) is 1. The molecule has 2 aromatic rings. The summed E-state index contributed by atoms with van der Waals surface area (Å²) in [5.41, 5.74) is 1.21. The topological polar surface area (TPSA) is 129 Å². The highest BCUT2D eigenvalue weighted by molar-refractivity contribution is 5.91. The van der Waals surface area contributed by atoms with E-state index in [-0.39, 0.29) is 37.0 Å². The van der Waals surface area contributed by atoms with E-state index in [0.29, 0.717) is 40.2 Å². The number of benzene rings is 1. The second-order valence-corrected chi connectivity index (χ2v) is 15.9. The Labute approximate surface area is 289 Å². The Balaban J connectivity index is 1.39. The maximum Gasteiger partial charge on any atom is 0.408 e. The highest BCUT2D eigenvalue weighted by Gasteiger charge is 2.52. The molecule has 3 fully saturated rings. The predicted molar refractivity (Wildman–Crippen MR) is 185 cm³/mol. The maximum atomic E-state index is 14.6. The summed E-state index contributed by atoms with van der Waals surface area (Å²) in [6.45, 7) is 11.8. The lowest BCUT2D eigenvalue weighted by atomic mass is 9.71. The SMILES string of the molecule is COc1ccc2nc3c(nc2c1)O[C@H]1CN(C(=O)[C@H](C(C)(C)C)NC(=O)O[C@@H]2C[C@@H]4CC[C@@H]4[C@H]2CCCC=C3)[C@H](C(=O)OCC(C)C)[C@@H]1C. The van der Waals surface area contributed by atoms with Crippen LogP contribution < -0.4 is 14.8 Å². The van der Waals surface area contributed by atoms with Gasteiger partial charge in [0.2, 0.25) is 11.8 Å². The van der Waals surface area contributed by atoms with E-state index in [0.717, 1.165) is 32.1 Å². The predicted octanol–water partition coefficient (Wildman–Crippen LogP) is 6.18. The van der Waals surface area contributed by atoms with Gasteiger partial charge in [0, 0.05) is 12.0 Å². The molecular weight excluding hydrogens is 624 g/mol. The number of amides is 2. The first kappa shape index (κ1) is 35.0. The van der Waals surface area contributed by atoms with E-state index in [9.17, 15) is 14.4 Å². The number of esters is 1. The van der Waals surface area contributed by atoms with Gasteiger partial charge in [0.15, 0.2) is 0 Å². The van der Waals surface area contributed by atoms with Crippen LogP contribution in [0.3, 0.4) is 0 Å². The van der Waals surface area contributed by atoms with Crippen LogP contribution in [0.1, 0.15) is 85.8 Å². The number of carbonyl (C=O) groups excluding carboxylic acids is 3. The molecule has 6 rings (SSSR count). The molecule has 11 nitrogen and oxygen atoms in total. The molecule has 1 saturated heterocycles. The lowest BCUT2D eigenvalue weighted by molar-refractivity contribution is -0.156. The fourth-order valence-corrected chi connectivity index (χ4v) is 8.01. The fourth-order valence-electron chi connectivity index (χ4n) is 8.01. The highest BCUT2D eigenvalue weighted by atomic mass is 16.6. The molecule has 1 N–H and O–H groups in total. The first-order chi connectivity index (χ1) is 23.3. The van der Waals surface area contributed by atoms with Crippen LogP contribution in [0.25, 0.3) is 17.1 Å². The van der Waals surface area contributed by atoms with Gasteiger partial charge in [-0.1, -0.05) is 47.6 Å². The van der Waals surface area contributed by atoms with E-state index in [1.165, 1.54) is 11.3 Å². The standard InChI is InChI=1S/C38H52N4O7/c1-21(2)20-47-36(44)32-22(3)31-19-42(32)35(43)33(38(4,5)6)41-37(45)49-30-17-23-13-15-25(23)26(30)11-9-8-10-12-28-34(48-31)40-29-18-24(46-7)14-16-27(29)39-28/h10,12,14,16,18,21-23,25-26,30-33H,8-9,11,13,15,17,19-20H2,1-7H3,(H,41,45)/t22-,23+,25+,26-,30-,31+,32+,33-/m1/s1. The number of hydrogen-bond donors (Lipinski definition) is 1. The minimum atomic E-state index is -0.951. The third-order valence-electron chi connectivity index (χ3n) is 10.9. The fraction of sp³-hybridized carbons (Fsp3) is 0.658. The molecule has 2 amide bonds. The summed E-state index contributed by atoms with van der Waals surface area (Å²) in [6.07, 6.45) is 8.58. The van der Waals surface area contributed by atoms with Crippen LogP contribution in [0.4, 0.5) is 4.79 Å². The molecule has 2 saturated carbocycles. The Morgan fingerprint density at radius 1 is 1.06 bits per heavy atom. The number of allylic oxidation sites excluding steroid dienone is 1. The van der Waals surface area contributed by atoms with Crippen LogP contribution in [0, 0.1) is 35.0 Å². The Kier molecular flexibility index (Phi) is 10.1. The quantitative estimate of drug-likeness (QED) is 0.377. The molecule has 11 heteroatoms. The van der Waals surface area contributed by atoms with Gasteiger partial charge in [0.05, 0.1) is 31.3 Å². The van der Waals surface area contributed by atoms with Crippen LogP contribution in [-0.2, 0) is 19.1 Å². The summed E-state index contributed by atoms with van der Waals surface area (Å²) in [7, 11) is 1.60. The van der Waals surface area contributed by atoms with E-state index in [4.69, 9.17) is 28.9 Å². The van der Waals surface area contributed by atoms with Crippen molar-refractivity contribution in [3.05, 3.63) is 30.0 Å². The zero-order valence-electron chi connectivity index (χ0n) is 29.9. The van der Waals surface area contributed by atoms with E-state index in [2.05, 4.69) is 11.4 Å². The average molecular weight is 677 g/mol. The van der Waals surface area contributed by atoms with Crippen molar-refractivity contribution in [2.75, 3.05) is 20.3 Å². The molecule has 0 spiro atoms. The minimum Gasteiger partial charge on any atom is -0.497 e. The van der Waals surface area contributed by atoms with Gasteiger partial charge in [0.25, 0.3) is 0 Å². The number of aromatic nitrogens is 2. The number of ether oxygens (including phenoxy) is 4. The molecule has 266 valence electrons. The van der Waals surface area contributed by atoms with Gasteiger partial charge in [-0.05, 0) is 85.8 Å². The average Bonchev–Trinajstić information content (AvgIpc) is 3.48. The molecule has 3 heterocycles.